The Kier molecular flexibility index (Phi) is 3.64. The molecule has 0 saturated carbocycles. The van der Waals surface area contributed by atoms with Crippen molar-refractivity contribution in [3.63, 3.8) is 0 Å². The van der Waals surface area contributed by atoms with Gasteiger partial charge in [0.2, 0.25) is 0 Å². The molecule has 1 rings (SSSR count). The fraction of sp³-hybridized carbons (Fsp3) is 0.333. The average molecular weight is 208 g/mol. The molecule has 0 saturated heterocycles. The molecule has 0 amide bonds. The highest BCUT2D eigenvalue weighted by molar-refractivity contribution is 7.85. The highest BCUT2D eigenvalue weighted by Gasteiger charge is 2.09. The fourth-order valence-corrected chi connectivity index (χ4v) is 2.93. The van der Waals surface area contributed by atoms with E-state index >= 15 is 0 Å². The van der Waals surface area contributed by atoms with Gasteiger partial charge in [0.25, 0.3) is 0 Å². The van der Waals surface area contributed by atoms with E-state index in [-0.39, 0.29) is 0 Å². The topological polar surface area (TPSA) is 17.1 Å². The Balaban J connectivity index is 3.20. The Hall–Kier alpha value is -0.890. The molecule has 14 heavy (non-hydrogen) atoms. The second kappa shape index (κ2) is 4.56. The van der Waals surface area contributed by atoms with Gasteiger partial charge in [0.05, 0.1) is 10.8 Å². The summed E-state index contributed by atoms with van der Waals surface area (Å²) in [6, 6.07) is 4.15. The van der Waals surface area contributed by atoms with Crippen molar-refractivity contribution in [2.75, 3.05) is 5.75 Å². The van der Waals surface area contributed by atoms with Crippen LogP contribution in [0.2, 0.25) is 0 Å². The van der Waals surface area contributed by atoms with Gasteiger partial charge in [0, 0.05) is 10.6 Å². The van der Waals surface area contributed by atoms with E-state index < -0.39 is 10.8 Å². The maximum absolute atomic E-state index is 11.8. The molecule has 0 spiro atoms. The lowest BCUT2D eigenvalue weighted by atomic mass is 10.1. The molecule has 1 aromatic carbocycles. The summed E-state index contributed by atoms with van der Waals surface area (Å²) < 4.78 is 11.8. The molecular formula is C12H16OS. The van der Waals surface area contributed by atoms with Gasteiger partial charge in [-0.15, -0.1) is 6.58 Å². The van der Waals surface area contributed by atoms with Crippen molar-refractivity contribution in [1.29, 1.82) is 0 Å². The normalized spacial score (nSPS) is 12.5. The first-order chi connectivity index (χ1) is 6.56. The Bertz CT molecular complexity index is 357. The number of hydrogen-bond acceptors (Lipinski definition) is 1. The molecule has 1 atom stereocenters. The predicted octanol–water partition coefficient (Wildman–Crippen LogP) is 2.91. The van der Waals surface area contributed by atoms with Gasteiger partial charge in [0.1, 0.15) is 0 Å². The third-order valence-electron chi connectivity index (χ3n) is 2.10. The van der Waals surface area contributed by atoms with Crippen LogP contribution in [0.4, 0.5) is 0 Å². The Labute approximate surface area is 88.3 Å². The molecule has 0 aliphatic carbocycles. The first-order valence-corrected chi connectivity index (χ1v) is 5.95. The van der Waals surface area contributed by atoms with Crippen LogP contribution in [0, 0.1) is 20.8 Å². The number of benzene rings is 1. The number of aryl methyl sites for hydroxylation is 3. The highest BCUT2D eigenvalue weighted by atomic mass is 32.2. The van der Waals surface area contributed by atoms with E-state index in [0.717, 1.165) is 16.0 Å². The van der Waals surface area contributed by atoms with E-state index in [1.54, 1.807) is 6.08 Å². The van der Waals surface area contributed by atoms with Crippen molar-refractivity contribution in [2.45, 2.75) is 25.7 Å². The lowest BCUT2D eigenvalue weighted by Crippen LogP contribution is -2.01. The van der Waals surface area contributed by atoms with Gasteiger partial charge in [-0.3, -0.25) is 4.21 Å². The van der Waals surface area contributed by atoms with Gasteiger partial charge in [-0.05, 0) is 31.9 Å². The third-order valence-corrected chi connectivity index (χ3v) is 3.74. The van der Waals surface area contributed by atoms with Crippen molar-refractivity contribution in [3.8, 4) is 0 Å². The van der Waals surface area contributed by atoms with Crippen molar-refractivity contribution < 1.29 is 4.21 Å². The molecule has 1 nitrogen and oxygen atoms in total. The van der Waals surface area contributed by atoms with E-state index in [9.17, 15) is 4.21 Å². The molecule has 2 heteroatoms. The number of hydrogen-bond donors (Lipinski definition) is 0. The van der Waals surface area contributed by atoms with Crippen molar-refractivity contribution in [3.05, 3.63) is 41.5 Å². The van der Waals surface area contributed by atoms with Crippen molar-refractivity contribution in [1.82, 2.24) is 0 Å². The molecule has 0 radical (unpaired) electrons. The summed E-state index contributed by atoms with van der Waals surface area (Å²) in [6.45, 7) is 9.69. The summed E-state index contributed by atoms with van der Waals surface area (Å²) >= 11 is 0. The molecule has 1 aromatic rings. The van der Waals surface area contributed by atoms with Crippen LogP contribution < -0.4 is 0 Å². The first kappa shape index (κ1) is 11.2. The molecule has 0 heterocycles. The van der Waals surface area contributed by atoms with Gasteiger partial charge < -0.3 is 0 Å². The zero-order valence-electron chi connectivity index (χ0n) is 8.96. The molecular weight excluding hydrogens is 192 g/mol. The SMILES string of the molecule is C=CCS(=O)c1c(C)cc(C)cc1C. The largest absolute Gasteiger partial charge is 0.254 e. The molecule has 0 N–H and O–H groups in total. The van der Waals surface area contributed by atoms with E-state index in [1.165, 1.54) is 5.56 Å². The van der Waals surface area contributed by atoms with E-state index in [1.807, 2.05) is 13.8 Å². The summed E-state index contributed by atoms with van der Waals surface area (Å²) in [4.78, 5) is 0.968. The van der Waals surface area contributed by atoms with E-state index in [4.69, 9.17) is 0 Å². The van der Waals surface area contributed by atoms with Gasteiger partial charge in [0.15, 0.2) is 0 Å². The van der Waals surface area contributed by atoms with Gasteiger partial charge >= 0.3 is 0 Å². The van der Waals surface area contributed by atoms with E-state index in [2.05, 4.69) is 25.6 Å². The average Bonchev–Trinajstić information content (AvgIpc) is 2.01. The van der Waals surface area contributed by atoms with Crippen LogP contribution in [0.5, 0.6) is 0 Å². The Morgan fingerprint density at radius 1 is 1.29 bits per heavy atom. The summed E-state index contributed by atoms with van der Waals surface area (Å²) in [5.74, 6) is 0.532. The summed E-state index contributed by atoms with van der Waals surface area (Å²) in [5, 5.41) is 0. The maximum Gasteiger partial charge on any atom is 0.0573 e. The van der Waals surface area contributed by atoms with Crippen LogP contribution in [0.15, 0.2) is 29.7 Å². The van der Waals surface area contributed by atoms with E-state index in [0.29, 0.717) is 5.75 Å². The second-order valence-corrected chi connectivity index (χ2v) is 4.96. The zero-order valence-corrected chi connectivity index (χ0v) is 9.78. The molecule has 0 fully saturated rings. The maximum atomic E-state index is 11.8. The highest BCUT2D eigenvalue weighted by Crippen LogP contribution is 2.20. The van der Waals surface area contributed by atoms with Crippen LogP contribution in [-0.4, -0.2) is 9.96 Å². The van der Waals surface area contributed by atoms with Crippen LogP contribution in [0.3, 0.4) is 0 Å². The number of rotatable bonds is 3. The Morgan fingerprint density at radius 2 is 1.79 bits per heavy atom. The van der Waals surface area contributed by atoms with Crippen LogP contribution in [0.25, 0.3) is 0 Å². The molecule has 0 aliphatic rings. The summed E-state index contributed by atoms with van der Waals surface area (Å²) in [7, 11) is -0.933. The molecule has 0 bridgehead atoms. The standard InChI is InChI=1S/C12H16OS/c1-5-6-14(13)12-10(3)7-9(2)8-11(12)4/h5,7-8H,1,6H2,2-4H3. The van der Waals surface area contributed by atoms with Gasteiger partial charge in [-0.1, -0.05) is 23.8 Å². The van der Waals surface area contributed by atoms with Crippen LogP contribution >= 0.6 is 0 Å². The van der Waals surface area contributed by atoms with Crippen molar-refractivity contribution in [2.24, 2.45) is 0 Å². The Morgan fingerprint density at radius 3 is 2.21 bits per heavy atom. The van der Waals surface area contributed by atoms with Gasteiger partial charge in [-0.25, -0.2) is 0 Å². The van der Waals surface area contributed by atoms with Gasteiger partial charge in [-0.2, -0.15) is 0 Å². The predicted molar refractivity (Wildman–Crippen MR) is 62.1 cm³/mol. The lowest BCUT2D eigenvalue weighted by molar-refractivity contribution is 0.684. The summed E-state index contributed by atoms with van der Waals surface area (Å²) in [6.07, 6.45) is 1.70. The third kappa shape index (κ3) is 2.32. The minimum Gasteiger partial charge on any atom is -0.254 e. The lowest BCUT2D eigenvalue weighted by Gasteiger charge is -2.09. The minimum absolute atomic E-state index is 0.532. The monoisotopic (exact) mass is 208 g/mol. The molecule has 76 valence electrons. The second-order valence-electron chi connectivity index (χ2n) is 3.53. The first-order valence-electron chi connectivity index (χ1n) is 4.63. The van der Waals surface area contributed by atoms with Crippen LogP contribution in [0.1, 0.15) is 16.7 Å². The minimum atomic E-state index is -0.933. The quantitative estimate of drug-likeness (QED) is 0.698. The smallest absolute Gasteiger partial charge is 0.0573 e. The fourth-order valence-electron chi connectivity index (χ4n) is 1.72. The van der Waals surface area contributed by atoms with Crippen LogP contribution in [-0.2, 0) is 10.8 Å². The summed E-state index contributed by atoms with van der Waals surface area (Å²) in [5.41, 5.74) is 3.45. The van der Waals surface area contributed by atoms with Crippen molar-refractivity contribution >= 4 is 10.8 Å². The molecule has 0 aliphatic heterocycles. The zero-order chi connectivity index (χ0) is 10.7. The molecule has 0 aromatic heterocycles. The molecule has 1 unspecified atom stereocenters.